The van der Waals surface area contributed by atoms with Gasteiger partial charge in [0.25, 0.3) is 0 Å². The average molecular weight is 435 g/mol. The molecule has 0 saturated carbocycles. The highest BCUT2D eigenvalue weighted by molar-refractivity contribution is 14.1. The Morgan fingerprint density at radius 3 is 2.95 bits per heavy atom. The number of nitrogens with zero attached hydrogens (tertiary/aromatic N) is 2. The first-order chi connectivity index (χ1) is 9.17. The van der Waals surface area contributed by atoms with Crippen molar-refractivity contribution >= 4 is 38.5 Å². The zero-order chi connectivity index (χ0) is 13.8. The number of aromatic nitrogens is 2. The molecule has 0 fully saturated rings. The molecule has 1 aromatic heterocycles. The second-order valence-electron chi connectivity index (χ2n) is 4.26. The van der Waals surface area contributed by atoms with Crippen LogP contribution in [0.15, 0.2) is 34.9 Å². The number of rotatable bonds is 5. The minimum absolute atomic E-state index is 0.0712. The molecular weight excluding hydrogens is 419 g/mol. The topological polar surface area (TPSA) is 55.9 Å². The van der Waals surface area contributed by atoms with Gasteiger partial charge >= 0.3 is 0 Å². The molecule has 1 aromatic carbocycles. The summed E-state index contributed by atoms with van der Waals surface area (Å²) in [6, 6.07) is 8.23. The molecule has 4 nitrogen and oxygen atoms in total. The molecule has 19 heavy (non-hydrogen) atoms. The van der Waals surface area contributed by atoms with E-state index in [0.717, 1.165) is 28.7 Å². The molecule has 1 atom stereocenters. The van der Waals surface area contributed by atoms with Crippen LogP contribution in [0.5, 0.6) is 0 Å². The van der Waals surface area contributed by atoms with Gasteiger partial charge in [0, 0.05) is 10.1 Å². The number of hydrazine groups is 1. The van der Waals surface area contributed by atoms with Crippen molar-refractivity contribution in [2.45, 2.75) is 25.9 Å². The largest absolute Gasteiger partial charge is 0.271 e. The summed E-state index contributed by atoms with van der Waals surface area (Å²) in [5, 5.41) is 4.39. The molecule has 102 valence electrons. The predicted molar refractivity (Wildman–Crippen MR) is 88.5 cm³/mol. The maximum Gasteiger partial charge on any atom is 0.0890 e. The molecule has 6 heteroatoms. The Hall–Kier alpha value is -0.440. The molecule has 0 aliphatic carbocycles. The van der Waals surface area contributed by atoms with Gasteiger partial charge in [-0.2, -0.15) is 5.10 Å². The number of benzene rings is 1. The third-order valence-electron chi connectivity index (χ3n) is 2.89. The van der Waals surface area contributed by atoms with Crippen molar-refractivity contribution in [3.63, 3.8) is 0 Å². The molecular formula is C13H16BrIN4. The van der Waals surface area contributed by atoms with Crippen LogP contribution in [0, 0.1) is 3.57 Å². The summed E-state index contributed by atoms with van der Waals surface area (Å²) in [5.41, 5.74) is 5.09. The van der Waals surface area contributed by atoms with Gasteiger partial charge in [0.05, 0.1) is 22.4 Å². The molecule has 0 saturated heterocycles. The van der Waals surface area contributed by atoms with Gasteiger partial charge in [0.2, 0.25) is 0 Å². The SMILES string of the molecule is CCCn1ncc(Br)c1C(NN)c1cccc(I)c1. The van der Waals surface area contributed by atoms with E-state index in [0.29, 0.717) is 0 Å². The number of nitrogens with two attached hydrogens (primary N) is 1. The van der Waals surface area contributed by atoms with Crippen LogP contribution in [-0.2, 0) is 6.54 Å². The van der Waals surface area contributed by atoms with Crippen molar-refractivity contribution < 1.29 is 0 Å². The van der Waals surface area contributed by atoms with Gasteiger partial charge in [0.1, 0.15) is 0 Å². The third-order valence-corrected chi connectivity index (χ3v) is 4.17. The van der Waals surface area contributed by atoms with E-state index in [1.54, 1.807) is 0 Å². The number of hydrogen-bond donors (Lipinski definition) is 2. The Morgan fingerprint density at radius 1 is 1.53 bits per heavy atom. The second-order valence-corrected chi connectivity index (χ2v) is 6.36. The van der Waals surface area contributed by atoms with E-state index < -0.39 is 0 Å². The number of nitrogens with one attached hydrogen (secondary N) is 1. The Labute approximate surface area is 135 Å². The van der Waals surface area contributed by atoms with E-state index >= 15 is 0 Å². The predicted octanol–water partition coefficient (Wildman–Crippen LogP) is 3.21. The molecule has 0 bridgehead atoms. The summed E-state index contributed by atoms with van der Waals surface area (Å²) >= 11 is 5.87. The van der Waals surface area contributed by atoms with Crippen molar-refractivity contribution in [2.75, 3.05) is 0 Å². The molecule has 2 aromatic rings. The molecule has 0 spiro atoms. The minimum atomic E-state index is -0.0712. The van der Waals surface area contributed by atoms with Gasteiger partial charge in [-0.3, -0.25) is 10.5 Å². The van der Waals surface area contributed by atoms with Gasteiger partial charge in [-0.05, 0) is 62.6 Å². The van der Waals surface area contributed by atoms with Crippen LogP contribution < -0.4 is 11.3 Å². The fourth-order valence-electron chi connectivity index (χ4n) is 2.07. The fraction of sp³-hybridized carbons (Fsp3) is 0.308. The van der Waals surface area contributed by atoms with E-state index in [-0.39, 0.29) is 6.04 Å². The zero-order valence-electron chi connectivity index (χ0n) is 10.6. The first-order valence-electron chi connectivity index (χ1n) is 6.10. The van der Waals surface area contributed by atoms with Crippen molar-refractivity contribution in [1.29, 1.82) is 0 Å². The van der Waals surface area contributed by atoms with E-state index in [4.69, 9.17) is 5.84 Å². The summed E-state index contributed by atoms with van der Waals surface area (Å²) in [5.74, 6) is 5.77. The summed E-state index contributed by atoms with van der Waals surface area (Å²) in [6.45, 7) is 3.01. The highest BCUT2D eigenvalue weighted by Crippen LogP contribution is 2.29. The van der Waals surface area contributed by atoms with Crippen molar-refractivity contribution in [3.05, 3.63) is 49.8 Å². The van der Waals surface area contributed by atoms with E-state index in [1.165, 1.54) is 3.57 Å². The number of hydrogen-bond acceptors (Lipinski definition) is 3. The first kappa shape index (κ1) is 15.0. The van der Waals surface area contributed by atoms with Crippen LogP contribution in [-0.4, -0.2) is 9.78 Å². The van der Waals surface area contributed by atoms with Gasteiger partial charge in [-0.15, -0.1) is 0 Å². The third kappa shape index (κ3) is 3.36. The molecule has 1 heterocycles. The zero-order valence-corrected chi connectivity index (χ0v) is 14.3. The van der Waals surface area contributed by atoms with Crippen LogP contribution in [0.3, 0.4) is 0 Å². The lowest BCUT2D eigenvalue weighted by Crippen LogP contribution is -2.31. The van der Waals surface area contributed by atoms with Gasteiger partial charge in [-0.25, -0.2) is 5.43 Å². The van der Waals surface area contributed by atoms with Crippen LogP contribution in [0.1, 0.15) is 30.6 Å². The van der Waals surface area contributed by atoms with Crippen molar-refractivity contribution in [3.8, 4) is 0 Å². The first-order valence-corrected chi connectivity index (χ1v) is 7.97. The monoisotopic (exact) mass is 434 g/mol. The summed E-state index contributed by atoms with van der Waals surface area (Å²) in [7, 11) is 0. The summed E-state index contributed by atoms with van der Waals surface area (Å²) in [6.07, 6.45) is 2.86. The Morgan fingerprint density at radius 2 is 2.32 bits per heavy atom. The lowest BCUT2D eigenvalue weighted by molar-refractivity contribution is 0.519. The normalized spacial score (nSPS) is 12.6. The standard InChI is InChI=1S/C13H16BrIN4/c1-2-6-19-13(11(14)8-17-19)12(18-16)9-4-3-5-10(15)7-9/h3-5,7-8,12,18H,2,6,16H2,1H3. The second kappa shape index (κ2) is 6.83. The minimum Gasteiger partial charge on any atom is -0.271 e. The molecule has 0 amide bonds. The highest BCUT2D eigenvalue weighted by atomic mass is 127. The van der Waals surface area contributed by atoms with Crippen LogP contribution in [0.2, 0.25) is 0 Å². The van der Waals surface area contributed by atoms with Gasteiger partial charge in [0.15, 0.2) is 0 Å². The quantitative estimate of drug-likeness (QED) is 0.431. The maximum atomic E-state index is 5.77. The van der Waals surface area contributed by atoms with E-state index in [1.807, 2.05) is 16.9 Å². The lowest BCUT2D eigenvalue weighted by Gasteiger charge is -2.19. The van der Waals surface area contributed by atoms with Crippen LogP contribution in [0.4, 0.5) is 0 Å². The smallest absolute Gasteiger partial charge is 0.0890 e. The number of aryl methyl sites for hydroxylation is 1. The lowest BCUT2D eigenvalue weighted by atomic mass is 10.0. The molecule has 0 aliphatic rings. The van der Waals surface area contributed by atoms with Gasteiger partial charge < -0.3 is 0 Å². The fourth-order valence-corrected chi connectivity index (χ4v) is 3.16. The Balaban J connectivity index is 2.44. The van der Waals surface area contributed by atoms with Crippen molar-refractivity contribution in [1.82, 2.24) is 15.2 Å². The summed E-state index contributed by atoms with van der Waals surface area (Å²) < 4.78 is 4.16. The molecule has 0 radical (unpaired) electrons. The van der Waals surface area contributed by atoms with Gasteiger partial charge in [-0.1, -0.05) is 19.1 Å². The molecule has 1 unspecified atom stereocenters. The maximum absolute atomic E-state index is 5.77. The van der Waals surface area contributed by atoms with E-state index in [9.17, 15) is 0 Å². The highest BCUT2D eigenvalue weighted by Gasteiger charge is 2.20. The van der Waals surface area contributed by atoms with Crippen LogP contribution >= 0.6 is 38.5 Å². The molecule has 2 rings (SSSR count). The van der Waals surface area contributed by atoms with Crippen LogP contribution in [0.25, 0.3) is 0 Å². The summed E-state index contributed by atoms with van der Waals surface area (Å²) in [4.78, 5) is 0. The molecule has 0 aliphatic heterocycles. The average Bonchev–Trinajstić information content (AvgIpc) is 2.74. The molecule has 3 N–H and O–H groups in total. The van der Waals surface area contributed by atoms with E-state index in [2.05, 4.69) is 74.2 Å². The Kier molecular flexibility index (Phi) is 5.37. The van der Waals surface area contributed by atoms with Crippen molar-refractivity contribution in [2.24, 2.45) is 5.84 Å². The Bertz CT molecular complexity index is 555. The number of halogens is 2.